The van der Waals surface area contributed by atoms with E-state index in [1.54, 1.807) is 0 Å². The Morgan fingerprint density at radius 3 is 2.57 bits per heavy atom. The maximum absolute atomic E-state index is 3.49. The molecule has 80 valence electrons. The molecule has 1 rings (SSSR count). The van der Waals surface area contributed by atoms with Crippen LogP contribution in [-0.2, 0) is 13.6 Å². The third-order valence-electron chi connectivity index (χ3n) is 2.96. The van der Waals surface area contributed by atoms with E-state index in [1.807, 2.05) is 0 Å². The number of aryl methyl sites for hydroxylation is 1. The van der Waals surface area contributed by atoms with Crippen LogP contribution in [0.4, 0.5) is 0 Å². The lowest BCUT2D eigenvalue weighted by Crippen LogP contribution is -2.24. The molecule has 0 aliphatic heterocycles. The molecule has 0 amide bonds. The van der Waals surface area contributed by atoms with Crippen molar-refractivity contribution in [1.29, 1.82) is 0 Å². The van der Waals surface area contributed by atoms with Crippen LogP contribution in [0.2, 0.25) is 0 Å². The lowest BCUT2D eigenvalue weighted by molar-refractivity contribution is 0.391. The number of aromatic nitrogens is 1. The average molecular weight is 194 g/mol. The molecule has 2 heteroatoms. The second-order valence-electron chi connectivity index (χ2n) is 4.46. The molecule has 1 N–H and O–H groups in total. The fourth-order valence-corrected chi connectivity index (χ4v) is 1.34. The van der Waals surface area contributed by atoms with Gasteiger partial charge in [0, 0.05) is 25.5 Å². The highest BCUT2D eigenvalue weighted by molar-refractivity contribution is 5.05. The van der Waals surface area contributed by atoms with Crippen molar-refractivity contribution in [1.82, 2.24) is 9.88 Å². The van der Waals surface area contributed by atoms with Gasteiger partial charge in [0.15, 0.2) is 0 Å². The number of nitrogens with zero attached hydrogens (tertiary/aromatic N) is 1. The molecule has 1 aromatic heterocycles. The minimum Gasteiger partial charge on any atom is -0.353 e. The van der Waals surface area contributed by atoms with E-state index >= 15 is 0 Å². The Balaban J connectivity index is 2.25. The lowest BCUT2D eigenvalue weighted by atomic mass is 9.98. The summed E-state index contributed by atoms with van der Waals surface area (Å²) in [7, 11) is 2.09. The first-order valence-corrected chi connectivity index (χ1v) is 5.42. The molecule has 0 aromatic carbocycles. The molecule has 0 radical (unpaired) electrons. The third-order valence-corrected chi connectivity index (χ3v) is 2.96. The van der Waals surface area contributed by atoms with Gasteiger partial charge in [-0.2, -0.15) is 0 Å². The predicted molar refractivity (Wildman–Crippen MR) is 61.1 cm³/mol. The molecular weight excluding hydrogens is 172 g/mol. The third kappa shape index (κ3) is 3.18. The minimum absolute atomic E-state index is 0.746. The summed E-state index contributed by atoms with van der Waals surface area (Å²) in [5, 5.41) is 3.49. The van der Waals surface area contributed by atoms with Crippen molar-refractivity contribution in [2.75, 3.05) is 6.54 Å². The van der Waals surface area contributed by atoms with Crippen molar-refractivity contribution in [3.05, 3.63) is 24.0 Å². The van der Waals surface area contributed by atoms with Crippen molar-refractivity contribution in [2.45, 2.75) is 27.3 Å². The Morgan fingerprint density at radius 1 is 1.36 bits per heavy atom. The normalized spacial score (nSPS) is 13.5. The zero-order chi connectivity index (χ0) is 10.6. The first-order chi connectivity index (χ1) is 6.61. The lowest BCUT2D eigenvalue weighted by Gasteiger charge is -2.16. The monoisotopic (exact) mass is 194 g/mol. The molecule has 0 fully saturated rings. The molecule has 1 aromatic rings. The maximum atomic E-state index is 3.49. The summed E-state index contributed by atoms with van der Waals surface area (Å²) in [5.74, 6) is 1.51. The van der Waals surface area contributed by atoms with Gasteiger partial charge in [-0.3, -0.25) is 0 Å². The molecule has 0 saturated heterocycles. The number of hydrogen-bond acceptors (Lipinski definition) is 1. The van der Waals surface area contributed by atoms with Gasteiger partial charge in [0.2, 0.25) is 0 Å². The summed E-state index contributed by atoms with van der Waals surface area (Å²) in [6.45, 7) is 8.91. The van der Waals surface area contributed by atoms with Crippen LogP contribution >= 0.6 is 0 Å². The molecule has 0 spiro atoms. The largest absolute Gasteiger partial charge is 0.353 e. The highest BCUT2D eigenvalue weighted by atomic mass is 15.0. The number of rotatable bonds is 5. The van der Waals surface area contributed by atoms with E-state index in [2.05, 4.69) is 56.0 Å². The topological polar surface area (TPSA) is 17.0 Å². The summed E-state index contributed by atoms with van der Waals surface area (Å²) in [4.78, 5) is 0. The fraction of sp³-hybridized carbons (Fsp3) is 0.667. The second-order valence-corrected chi connectivity index (χ2v) is 4.46. The van der Waals surface area contributed by atoms with Crippen LogP contribution in [-0.4, -0.2) is 11.1 Å². The van der Waals surface area contributed by atoms with Crippen molar-refractivity contribution in [3.8, 4) is 0 Å². The first kappa shape index (κ1) is 11.3. The summed E-state index contributed by atoms with van der Waals surface area (Å²) < 4.78 is 2.16. The molecule has 1 heterocycles. The molecule has 0 bridgehead atoms. The average Bonchev–Trinajstić information content (AvgIpc) is 2.51. The van der Waals surface area contributed by atoms with Gasteiger partial charge in [-0.1, -0.05) is 20.8 Å². The highest BCUT2D eigenvalue weighted by Crippen LogP contribution is 2.08. The summed E-state index contributed by atoms with van der Waals surface area (Å²) in [6, 6.07) is 4.25. The van der Waals surface area contributed by atoms with E-state index in [0.29, 0.717) is 0 Å². The predicted octanol–water partition coefficient (Wildman–Crippen LogP) is 2.41. The molecular formula is C12H22N2. The van der Waals surface area contributed by atoms with Gasteiger partial charge in [-0.15, -0.1) is 0 Å². The van der Waals surface area contributed by atoms with E-state index in [-0.39, 0.29) is 0 Å². The number of hydrogen-bond donors (Lipinski definition) is 1. The van der Waals surface area contributed by atoms with Gasteiger partial charge in [0.25, 0.3) is 0 Å². The molecule has 0 aliphatic carbocycles. The van der Waals surface area contributed by atoms with Crippen LogP contribution < -0.4 is 5.32 Å². The standard InChI is InChI=1S/C12H22N2/c1-10(2)11(3)8-13-9-12-6-5-7-14(12)4/h5-7,10-11,13H,8-9H2,1-4H3. The zero-order valence-electron chi connectivity index (χ0n) is 9.75. The van der Waals surface area contributed by atoms with Gasteiger partial charge < -0.3 is 9.88 Å². The summed E-state index contributed by atoms with van der Waals surface area (Å²) in [6.07, 6.45) is 2.09. The number of nitrogens with one attached hydrogen (secondary N) is 1. The molecule has 1 atom stereocenters. The Kier molecular flexibility index (Phi) is 4.21. The van der Waals surface area contributed by atoms with Crippen LogP contribution in [0, 0.1) is 11.8 Å². The highest BCUT2D eigenvalue weighted by Gasteiger charge is 2.06. The molecule has 0 aliphatic rings. The molecule has 2 nitrogen and oxygen atoms in total. The molecule has 14 heavy (non-hydrogen) atoms. The van der Waals surface area contributed by atoms with Crippen LogP contribution in [0.15, 0.2) is 18.3 Å². The van der Waals surface area contributed by atoms with E-state index in [9.17, 15) is 0 Å². The van der Waals surface area contributed by atoms with Gasteiger partial charge in [-0.05, 0) is 30.5 Å². The summed E-state index contributed by atoms with van der Waals surface area (Å²) >= 11 is 0. The van der Waals surface area contributed by atoms with E-state index < -0.39 is 0 Å². The second kappa shape index (κ2) is 5.20. The fourth-order valence-electron chi connectivity index (χ4n) is 1.34. The molecule has 0 saturated carbocycles. The van der Waals surface area contributed by atoms with Crippen LogP contribution in [0.1, 0.15) is 26.5 Å². The van der Waals surface area contributed by atoms with Crippen molar-refractivity contribution in [2.24, 2.45) is 18.9 Å². The smallest absolute Gasteiger partial charge is 0.0359 e. The quantitative estimate of drug-likeness (QED) is 0.761. The van der Waals surface area contributed by atoms with E-state index in [0.717, 1.165) is 24.9 Å². The zero-order valence-corrected chi connectivity index (χ0v) is 9.75. The van der Waals surface area contributed by atoms with Gasteiger partial charge >= 0.3 is 0 Å². The SMILES string of the molecule is CC(C)C(C)CNCc1cccn1C. The van der Waals surface area contributed by atoms with Gasteiger partial charge in [0.1, 0.15) is 0 Å². The first-order valence-electron chi connectivity index (χ1n) is 5.42. The Hall–Kier alpha value is -0.760. The maximum Gasteiger partial charge on any atom is 0.0359 e. The Labute approximate surface area is 87.3 Å². The van der Waals surface area contributed by atoms with Crippen molar-refractivity contribution >= 4 is 0 Å². The van der Waals surface area contributed by atoms with Crippen LogP contribution in [0.5, 0.6) is 0 Å². The van der Waals surface area contributed by atoms with Crippen LogP contribution in [0.3, 0.4) is 0 Å². The van der Waals surface area contributed by atoms with Gasteiger partial charge in [0.05, 0.1) is 0 Å². The Morgan fingerprint density at radius 2 is 2.07 bits per heavy atom. The van der Waals surface area contributed by atoms with E-state index in [4.69, 9.17) is 0 Å². The minimum atomic E-state index is 0.746. The van der Waals surface area contributed by atoms with Crippen LogP contribution in [0.25, 0.3) is 0 Å². The molecule has 1 unspecified atom stereocenters. The Bertz CT molecular complexity index is 263. The van der Waals surface area contributed by atoms with Gasteiger partial charge in [-0.25, -0.2) is 0 Å². The van der Waals surface area contributed by atoms with Crippen molar-refractivity contribution < 1.29 is 0 Å². The summed E-state index contributed by atoms with van der Waals surface area (Å²) in [5.41, 5.74) is 1.35. The van der Waals surface area contributed by atoms with Crippen molar-refractivity contribution in [3.63, 3.8) is 0 Å². The van der Waals surface area contributed by atoms with E-state index in [1.165, 1.54) is 5.69 Å².